The molecule has 0 heterocycles. The summed E-state index contributed by atoms with van der Waals surface area (Å²) in [5.74, 6) is 0.502. The molecular formula is C20H22ClN3O6S. The average Bonchev–Trinajstić information content (AvgIpc) is 2.73. The van der Waals surface area contributed by atoms with Crippen LogP contribution in [0, 0.1) is 10.1 Å². The molecule has 2 amide bonds. The number of benzene rings is 2. The van der Waals surface area contributed by atoms with Gasteiger partial charge in [-0.05, 0) is 29.8 Å². The maximum absolute atomic E-state index is 12.3. The number of anilines is 1. The van der Waals surface area contributed by atoms with Crippen molar-refractivity contribution in [1.29, 1.82) is 0 Å². The third-order valence-electron chi connectivity index (χ3n) is 4.18. The van der Waals surface area contributed by atoms with Gasteiger partial charge in [-0.25, -0.2) is 0 Å². The van der Waals surface area contributed by atoms with E-state index in [4.69, 9.17) is 21.1 Å². The Kier molecular flexibility index (Phi) is 8.95. The van der Waals surface area contributed by atoms with Crippen molar-refractivity contribution in [3.8, 4) is 11.5 Å². The van der Waals surface area contributed by atoms with E-state index in [1.54, 1.807) is 24.3 Å². The van der Waals surface area contributed by atoms with Crippen molar-refractivity contribution in [3.63, 3.8) is 0 Å². The van der Waals surface area contributed by atoms with Crippen molar-refractivity contribution >= 4 is 46.6 Å². The van der Waals surface area contributed by atoms with E-state index < -0.39 is 10.8 Å². The first kappa shape index (κ1) is 24.3. The molecule has 0 aliphatic heterocycles. The molecule has 0 saturated carbocycles. The van der Waals surface area contributed by atoms with Gasteiger partial charge in [0.05, 0.1) is 37.1 Å². The first-order chi connectivity index (χ1) is 14.7. The van der Waals surface area contributed by atoms with Gasteiger partial charge < -0.3 is 19.7 Å². The molecule has 11 heteroatoms. The Balaban J connectivity index is 1.86. The summed E-state index contributed by atoms with van der Waals surface area (Å²) in [6, 6.07) is 9.48. The minimum absolute atomic E-state index is 0.115. The summed E-state index contributed by atoms with van der Waals surface area (Å²) in [7, 11) is 4.36. The molecule has 1 N–H and O–H groups in total. The monoisotopic (exact) mass is 467 g/mol. The number of methoxy groups -OCH3 is 2. The molecule has 0 bridgehead atoms. The van der Waals surface area contributed by atoms with Gasteiger partial charge >= 0.3 is 5.69 Å². The van der Waals surface area contributed by atoms with E-state index in [2.05, 4.69) is 5.32 Å². The molecule has 0 spiro atoms. The zero-order valence-electron chi connectivity index (χ0n) is 17.2. The predicted molar refractivity (Wildman–Crippen MR) is 120 cm³/mol. The number of rotatable bonds is 10. The fourth-order valence-corrected chi connectivity index (χ4v) is 3.69. The number of halogens is 1. The van der Waals surface area contributed by atoms with Gasteiger partial charge in [0.2, 0.25) is 11.8 Å². The fraction of sp³-hybridized carbons (Fsp3) is 0.300. The van der Waals surface area contributed by atoms with Crippen molar-refractivity contribution in [3.05, 3.63) is 57.1 Å². The highest BCUT2D eigenvalue weighted by Crippen LogP contribution is 2.29. The van der Waals surface area contributed by atoms with E-state index in [1.165, 1.54) is 50.1 Å². The van der Waals surface area contributed by atoms with Gasteiger partial charge in [-0.15, -0.1) is 11.8 Å². The highest BCUT2D eigenvalue weighted by atomic mass is 35.5. The van der Waals surface area contributed by atoms with Crippen molar-refractivity contribution in [1.82, 2.24) is 4.90 Å². The van der Waals surface area contributed by atoms with Gasteiger partial charge in [0.1, 0.15) is 5.75 Å². The molecule has 0 fully saturated rings. The molecule has 2 rings (SSSR count). The zero-order chi connectivity index (χ0) is 23.0. The Morgan fingerprint density at radius 2 is 1.84 bits per heavy atom. The van der Waals surface area contributed by atoms with Crippen molar-refractivity contribution in [2.24, 2.45) is 0 Å². The zero-order valence-corrected chi connectivity index (χ0v) is 18.8. The Labute approximate surface area is 188 Å². The van der Waals surface area contributed by atoms with E-state index in [0.717, 1.165) is 0 Å². The van der Waals surface area contributed by atoms with Gasteiger partial charge in [0.15, 0.2) is 5.75 Å². The molecule has 0 atom stereocenters. The summed E-state index contributed by atoms with van der Waals surface area (Å²) in [5.41, 5.74) is 0.979. The lowest BCUT2D eigenvalue weighted by Gasteiger charge is -2.17. The maximum Gasteiger partial charge on any atom is 0.311 e. The van der Waals surface area contributed by atoms with Crippen LogP contribution in [0.25, 0.3) is 0 Å². The van der Waals surface area contributed by atoms with Crippen LogP contribution < -0.4 is 14.8 Å². The molecule has 166 valence electrons. The lowest BCUT2D eigenvalue weighted by Crippen LogP contribution is -2.36. The number of hydrogen-bond donors (Lipinski definition) is 1. The predicted octanol–water partition coefficient (Wildman–Crippen LogP) is 3.60. The number of nitro benzene ring substituents is 1. The van der Waals surface area contributed by atoms with E-state index in [1.807, 2.05) is 0 Å². The summed E-state index contributed by atoms with van der Waals surface area (Å²) in [6.07, 6.45) is 0. The molecule has 2 aromatic carbocycles. The topological polar surface area (TPSA) is 111 Å². The van der Waals surface area contributed by atoms with E-state index in [-0.39, 0.29) is 29.6 Å². The minimum atomic E-state index is -0.514. The number of likely N-dealkylation sites (N-methyl/N-ethyl adjacent to an activating group) is 1. The Hall–Kier alpha value is -2.98. The molecule has 0 unspecified atom stereocenters. The smallest absolute Gasteiger partial charge is 0.311 e. The first-order valence-corrected chi connectivity index (χ1v) is 10.5. The standard InChI is InChI=1S/C20H22ClN3O6S/c1-23(10-19(25)22-15-9-14(21)5-7-17(15)29-2)20(26)12-31-11-13-4-6-18(30-3)16(8-13)24(27)28/h4-9H,10-12H2,1-3H3,(H,22,25). The highest BCUT2D eigenvalue weighted by Gasteiger charge is 2.17. The normalized spacial score (nSPS) is 10.3. The molecule has 0 radical (unpaired) electrons. The van der Waals surface area contributed by atoms with Crippen LogP contribution >= 0.6 is 23.4 Å². The Morgan fingerprint density at radius 3 is 2.48 bits per heavy atom. The molecule has 2 aromatic rings. The molecule has 9 nitrogen and oxygen atoms in total. The summed E-state index contributed by atoms with van der Waals surface area (Å²) in [4.78, 5) is 36.5. The first-order valence-electron chi connectivity index (χ1n) is 9.01. The van der Waals surface area contributed by atoms with Crippen LogP contribution in [0.15, 0.2) is 36.4 Å². The third kappa shape index (κ3) is 7.04. The minimum Gasteiger partial charge on any atom is -0.495 e. The quantitative estimate of drug-likeness (QED) is 0.419. The number of nitro groups is 1. The van der Waals surface area contributed by atoms with Gasteiger partial charge in [-0.2, -0.15) is 0 Å². The number of hydrogen-bond acceptors (Lipinski definition) is 7. The summed E-state index contributed by atoms with van der Waals surface area (Å²) in [5, 5.41) is 14.2. The number of amides is 2. The molecule has 31 heavy (non-hydrogen) atoms. The van der Waals surface area contributed by atoms with Crippen molar-refractivity contribution < 1.29 is 24.0 Å². The van der Waals surface area contributed by atoms with Crippen LogP contribution in [0.1, 0.15) is 5.56 Å². The van der Waals surface area contributed by atoms with Crippen LogP contribution in [0.5, 0.6) is 11.5 Å². The number of nitrogens with zero attached hydrogens (tertiary/aromatic N) is 2. The lowest BCUT2D eigenvalue weighted by molar-refractivity contribution is -0.385. The van der Waals surface area contributed by atoms with Crippen LogP contribution in [0.4, 0.5) is 11.4 Å². The summed E-state index contributed by atoms with van der Waals surface area (Å²) < 4.78 is 10.2. The maximum atomic E-state index is 12.3. The Bertz CT molecular complexity index is 972. The van der Waals surface area contributed by atoms with E-state index >= 15 is 0 Å². The number of carbonyl (C=O) groups is 2. The lowest BCUT2D eigenvalue weighted by atomic mass is 10.2. The average molecular weight is 468 g/mol. The van der Waals surface area contributed by atoms with E-state index in [9.17, 15) is 19.7 Å². The second-order valence-corrected chi connectivity index (χ2v) is 7.82. The van der Waals surface area contributed by atoms with Crippen LogP contribution in [0.2, 0.25) is 5.02 Å². The SMILES string of the molecule is COc1ccc(Cl)cc1NC(=O)CN(C)C(=O)CSCc1ccc(OC)c([N+](=O)[O-])c1. The number of nitrogens with one attached hydrogen (secondary N) is 1. The number of thioether (sulfide) groups is 1. The molecule has 0 aromatic heterocycles. The number of ether oxygens (including phenoxy) is 2. The molecule has 0 aliphatic rings. The third-order valence-corrected chi connectivity index (χ3v) is 5.40. The largest absolute Gasteiger partial charge is 0.495 e. The van der Waals surface area contributed by atoms with Crippen LogP contribution in [-0.2, 0) is 15.3 Å². The summed E-state index contributed by atoms with van der Waals surface area (Å²) in [6.45, 7) is -0.150. The highest BCUT2D eigenvalue weighted by molar-refractivity contribution is 7.99. The second kappa shape index (κ2) is 11.4. The van der Waals surface area contributed by atoms with Gasteiger partial charge in [-0.3, -0.25) is 19.7 Å². The molecule has 0 saturated heterocycles. The summed E-state index contributed by atoms with van der Waals surface area (Å²) >= 11 is 7.24. The fourth-order valence-electron chi connectivity index (χ4n) is 2.61. The van der Waals surface area contributed by atoms with E-state index in [0.29, 0.717) is 27.8 Å². The van der Waals surface area contributed by atoms with Crippen molar-refractivity contribution in [2.45, 2.75) is 5.75 Å². The van der Waals surface area contributed by atoms with Crippen LogP contribution in [-0.4, -0.2) is 55.2 Å². The number of carbonyl (C=O) groups excluding carboxylic acids is 2. The molecule has 0 aliphatic carbocycles. The van der Waals surface area contributed by atoms with Gasteiger partial charge in [0, 0.05) is 23.9 Å². The van der Waals surface area contributed by atoms with Gasteiger partial charge in [0.25, 0.3) is 0 Å². The second-order valence-electron chi connectivity index (χ2n) is 6.40. The van der Waals surface area contributed by atoms with Crippen molar-refractivity contribution in [2.75, 3.05) is 38.9 Å². The van der Waals surface area contributed by atoms with Gasteiger partial charge in [-0.1, -0.05) is 17.7 Å². The van der Waals surface area contributed by atoms with Crippen LogP contribution in [0.3, 0.4) is 0 Å². The molecular weight excluding hydrogens is 446 g/mol. The Morgan fingerprint density at radius 1 is 1.16 bits per heavy atom.